The van der Waals surface area contributed by atoms with Gasteiger partial charge in [0.1, 0.15) is 17.3 Å². The maximum Gasteiger partial charge on any atom is 0.573 e. The van der Waals surface area contributed by atoms with E-state index in [1.807, 2.05) is 0 Å². The number of hydrogen-bond acceptors (Lipinski definition) is 6. The molecular formula is C24H23F5N4O2. The first-order valence-corrected chi connectivity index (χ1v) is 11.1. The first-order chi connectivity index (χ1) is 16.7. The van der Waals surface area contributed by atoms with Crippen LogP contribution in [0.1, 0.15) is 32.1 Å². The Hall–Kier alpha value is -3.63. The normalized spacial score (nSPS) is 14.6. The molecule has 1 aromatic heterocycles. The Morgan fingerprint density at radius 3 is 2.31 bits per heavy atom. The molecule has 35 heavy (non-hydrogen) atoms. The van der Waals surface area contributed by atoms with Gasteiger partial charge in [-0.1, -0.05) is 31.4 Å². The van der Waals surface area contributed by atoms with E-state index >= 15 is 0 Å². The van der Waals surface area contributed by atoms with E-state index < -0.39 is 13.0 Å². The highest BCUT2D eigenvalue weighted by Gasteiger charge is 2.31. The Kier molecular flexibility index (Phi) is 7.52. The molecule has 0 aliphatic heterocycles. The van der Waals surface area contributed by atoms with E-state index in [0.29, 0.717) is 28.7 Å². The van der Waals surface area contributed by atoms with Gasteiger partial charge in [0.25, 0.3) is 0 Å². The van der Waals surface area contributed by atoms with Crippen LogP contribution in [0.2, 0.25) is 0 Å². The maximum atomic E-state index is 12.7. The standard InChI is InChI=1S/C24H23F5N4O2/c25-22(26)34-18-11-9-17(10-12-18)30-21-14-20(15-5-4-8-19(13-15)35-24(27,28)29)32-23(33-21)31-16-6-2-1-3-7-16/h4-5,8-14,16,22H,1-3,6-7H2,(H2,30,31,32,33). The van der Waals surface area contributed by atoms with Crippen LogP contribution in [0, 0.1) is 0 Å². The van der Waals surface area contributed by atoms with Crippen LogP contribution in [-0.4, -0.2) is 29.0 Å². The summed E-state index contributed by atoms with van der Waals surface area (Å²) >= 11 is 0. The van der Waals surface area contributed by atoms with Crippen molar-refractivity contribution in [2.45, 2.75) is 51.1 Å². The highest BCUT2D eigenvalue weighted by Crippen LogP contribution is 2.30. The van der Waals surface area contributed by atoms with Gasteiger partial charge in [0, 0.05) is 23.4 Å². The first kappa shape index (κ1) is 24.5. The molecule has 1 aliphatic rings. The fourth-order valence-corrected chi connectivity index (χ4v) is 3.87. The zero-order valence-electron chi connectivity index (χ0n) is 18.5. The molecule has 0 atom stereocenters. The molecule has 186 valence electrons. The Morgan fingerprint density at radius 1 is 0.886 bits per heavy atom. The largest absolute Gasteiger partial charge is 0.573 e. The van der Waals surface area contributed by atoms with Crippen molar-refractivity contribution in [3.8, 4) is 22.8 Å². The van der Waals surface area contributed by atoms with Crippen molar-refractivity contribution in [3.63, 3.8) is 0 Å². The van der Waals surface area contributed by atoms with E-state index in [4.69, 9.17) is 0 Å². The average Bonchev–Trinajstić information content (AvgIpc) is 2.80. The smallest absolute Gasteiger partial charge is 0.435 e. The summed E-state index contributed by atoms with van der Waals surface area (Å²) in [5.74, 6) is 0.351. The van der Waals surface area contributed by atoms with Crippen molar-refractivity contribution < 1.29 is 31.4 Å². The molecule has 2 aromatic carbocycles. The van der Waals surface area contributed by atoms with Gasteiger partial charge in [0.15, 0.2) is 0 Å². The van der Waals surface area contributed by atoms with Gasteiger partial charge in [-0.05, 0) is 49.2 Å². The number of ether oxygens (including phenoxy) is 2. The van der Waals surface area contributed by atoms with Gasteiger partial charge in [-0.15, -0.1) is 13.2 Å². The van der Waals surface area contributed by atoms with Crippen LogP contribution in [0.25, 0.3) is 11.3 Å². The number of aromatic nitrogens is 2. The molecule has 1 saturated carbocycles. The number of rotatable bonds is 8. The molecule has 11 heteroatoms. The summed E-state index contributed by atoms with van der Waals surface area (Å²) < 4.78 is 71.2. The monoisotopic (exact) mass is 494 g/mol. The van der Waals surface area contributed by atoms with E-state index in [1.54, 1.807) is 24.3 Å². The highest BCUT2D eigenvalue weighted by molar-refractivity contribution is 5.68. The van der Waals surface area contributed by atoms with Gasteiger partial charge < -0.3 is 20.1 Å². The van der Waals surface area contributed by atoms with Crippen molar-refractivity contribution in [2.75, 3.05) is 10.6 Å². The molecule has 1 aliphatic carbocycles. The minimum absolute atomic E-state index is 0.00932. The summed E-state index contributed by atoms with van der Waals surface area (Å²) in [5, 5.41) is 6.40. The Morgan fingerprint density at radius 2 is 1.63 bits per heavy atom. The SMILES string of the molecule is FC(F)Oc1ccc(Nc2cc(-c3cccc(OC(F)(F)F)c3)nc(NC3CCCCC3)n2)cc1. The van der Waals surface area contributed by atoms with E-state index in [9.17, 15) is 22.0 Å². The van der Waals surface area contributed by atoms with Crippen LogP contribution in [0.3, 0.4) is 0 Å². The lowest BCUT2D eigenvalue weighted by Gasteiger charge is -2.23. The molecule has 0 radical (unpaired) electrons. The molecular weight excluding hydrogens is 471 g/mol. The van der Waals surface area contributed by atoms with Crippen molar-refractivity contribution in [2.24, 2.45) is 0 Å². The zero-order valence-corrected chi connectivity index (χ0v) is 18.5. The third-order valence-electron chi connectivity index (χ3n) is 5.38. The minimum Gasteiger partial charge on any atom is -0.435 e. The third kappa shape index (κ3) is 7.43. The van der Waals surface area contributed by atoms with Crippen molar-refractivity contribution in [3.05, 3.63) is 54.6 Å². The van der Waals surface area contributed by atoms with Crippen molar-refractivity contribution >= 4 is 17.5 Å². The lowest BCUT2D eigenvalue weighted by atomic mass is 9.96. The first-order valence-electron chi connectivity index (χ1n) is 11.1. The summed E-state index contributed by atoms with van der Waals surface area (Å²) in [4.78, 5) is 9.03. The number of halogens is 5. The van der Waals surface area contributed by atoms with Gasteiger partial charge in [-0.3, -0.25) is 0 Å². The zero-order chi connectivity index (χ0) is 24.8. The fourth-order valence-electron chi connectivity index (χ4n) is 3.87. The molecule has 0 amide bonds. The highest BCUT2D eigenvalue weighted by atomic mass is 19.4. The number of anilines is 3. The van der Waals surface area contributed by atoms with Crippen molar-refractivity contribution in [1.82, 2.24) is 9.97 Å². The second-order valence-corrected chi connectivity index (χ2v) is 8.04. The summed E-state index contributed by atoms with van der Waals surface area (Å²) in [7, 11) is 0. The molecule has 4 rings (SSSR count). The molecule has 2 N–H and O–H groups in total. The van der Waals surface area contributed by atoms with Gasteiger partial charge in [0.05, 0.1) is 5.69 Å². The second kappa shape index (κ2) is 10.7. The predicted octanol–water partition coefficient (Wildman–Crippen LogP) is 7.13. The third-order valence-corrected chi connectivity index (χ3v) is 5.38. The molecule has 6 nitrogen and oxygen atoms in total. The Balaban J connectivity index is 1.62. The van der Waals surface area contributed by atoms with Crippen LogP contribution in [-0.2, 0) is 0 Å². The number of nitrogens with one attached hydrogen (secondary N) is 2. The molecule has 1 heterocycles. The summed E-state index contributed by atoms with van der Waals surface area (Å²) in [6.07, 6.45) is 0.473. The number of benzene rings is 2. The molecule has 0 bridgehead atoms. The van der Waals surface area contributed by atoms with E-state index in [2.05, 4.69) is 30.1 Å². The average molecular weight is 494 g/mol. The Bertz CT molecular complexity index is 1120. The van der Waals surface area contributed by atoms with Crippen LogP contribution in [0.15, 0.2) is 54.6 Å². The minimum atomic E-state index is -4.81. The Labute approximate surface area is 198 Å². The second-order valence-electron chi connectivity index (χ2n) is 8.04. The molecule has 3 aromatic rings. The summed E-state index contributed by atoms with van der Waals surface area (Å²) in [6, 6.07) is 13.2. The van der Waals surface area contributed by atoms with Crippen molar-refractivity contribution in [1.29, 1.82) is 0 Å². The van der Waals surface area contributed by atoms with Crippen LogP contribution in [0.5, 0.6) is 11.5 Å². The quantitative estimate of drug-likeness (QED) is 0.325. The van der Waals surface area contributed by atoms with Gasteiger partial charge >= 0.3 is 13.0 Å². The van der Waals surface area contributed by atoms with Gasteiger partial charge in [-0.25, -0.2) is 4.98 Å². The van der Waals surface area contributed by atoms with E-state index in [1.165, 1.54) is 36.8 Å². The van der Waals surface area contributed by atoms with Crippen LogP contribution in [0.4, 0.5) is 39.4 Å². The lowest BCUT2D eigenvalue weighted by Crippen LogP contribution is -2.23. The predicted molar refractivity (Wildman–Crippen MR) is 121 cm³/mol. The van der Waals surface area contributed by atoms with Gasteiger partial charge in [0.2, 0.25) is 5.95 Å². The van der Waals surface area contributed by atoms with Crippen LogP contribution < -0.4 is 20.1 Å². The molecule has 0 saturated heterocycles. The fraction of sp³-hybridized carbons (Fsp3) is 0.333. The summed E-state index contributed by atoms with van der Waals surface area (Å²) in [5.41, 5.74) is 1.34. The molecule has 0 unspecified atom stereocenters. The molecule has 0 spiro atoms. The topological polar surface area (TPSA) is 68.3 Å². The van der Waals surface area contributed by atoms with E-state index in [-0.39, 0.29) is 17.5 Å². The number of alkyl halides is 5. The van der Waals surface area contributed by atoms with Gasteiger partial charge in [-0.2, -0.15) is 13.8 Å². The lowest BCUT2D eigenvalue weighted by molar-refractivity contribution is -0.274. The number of nitrogens with zero attached hydrogens (tertiary/aromatic N) is 2. The molecule has 1 fully saturated rings. The number of hydrogen-bond donors (Lipinski definition) is 2. The maximum absolute atomic E-state index is 12.7. The summed E-state index contributed by atoms with van der Waals surface area (Å²) in [6.45, 7) is -2.93. The van der Waals surface area contributed by atoms with Crippen LogP contribution >= 0.6 is 0 Å². The van der Waals surface area contributed by atoms with E-state index in [0.717, 1.165) is 25.7 Å².